The number of carbonyl (C=O) groups is 1. The first-order valence-electron chi connectivity index (χ1n) is 5.14. The number of ether oxygens (including phenoxy) is 1. The molecule has 1 heterocycles. The lowest BCUT2D eigenvalue weighted by molar-refractivity contribution is 0.102. The Balaban J connectivity index is 2.26. The van der Waals surface area contributed by atoms with Gasteiger partial charge in [-0.2, -0.15) is 10.1 Å². The SMILES string of the molecule is COc1ccc(O)c(C(=O)Nc2ncnn2C)c1. The number of carbonyl (C=O) groups excluding carboxylic acids is 1. The number of methoxy groups -OCH3 is 1. The fraction of sp³-hybridized carbons (Fsp3) is 0.182. The van der Waals surface area contributed by atoms with Crippen molar-refractivity contribution in [2.24, 2.45) is 7.05 Å². The highest BCUT2D eigenvalue weighted by molar-refractivity contribution is 6.05. The molecule has 2 aromatic rings. The van der Waals surface area contributed by atoms with Gasteiger partial charge in [-0.3, -0.25) is 10.1 Å². The Labute approximate surface area is 103 Å². The number of phenolic OH excluding ortho intramolecular Hbond substituents is 1. The third kappa shape index (κ3) is 2.24. The molecule has 0 unspecified atom stereocenters. The smallest absolute Gasteiger partial charge is 0.261 e. The van der Waals surface area contributed by atoms with Crippen LogP contribution in [0.2, 0.25) is 0 Å². The first-order valence-corrected chi connectivity index (χ1v) is 5.14. The van der Waals surface area contributed by atoms with E-state index in [-0.39, 0.29) is 11.3 Å². The van der Waals surface area contributed by atoms with E-state index in [0.29, 0.717) is 11.7 Å². The van der Waals surface area contributed by atoms with E-state index in [2.05, 4.69) is 15.4 Å². The monoisotopic (exact) mass is 248 g/mol. The minimum atomic E-state index is -0.484. The van der Waals surface area contributed by atoms with Gasteiger partial charge in [-0.1, -0.05) is 0 Å². The maximum atomic E-state index is 11.9. The van der Waals surface area contributed by atoms with Crippen LogP contribution in [0.4, 0.5) is 5.95 Å². The predicted octanol–water partition coefficient (Wildman–Crippen LogP) is 0.782. The number of hydrogen-bond donors (Lipinski definition) is 2. The van der Waals surface area contributed by atoms with Crippen LogP contribution in [0.3, 0.4) is 0 Å². The summed E-state index contributed by atoms with van der Waals surface area (Å²) in [6.45, 7) is 0. The molecular formula is C11H12N4O3. The van der Waals surface area contributed by atoms with Gasteiger partial charge in [0.1, 0.15) is 17.8 Å². The molecule has 2 rings (SSSR count). The van der Waals surface area contributed by atoms with Crippen LogP contribution in [0.1, 0.15) is 10.4 Å². The molecule has 0 fully saturated rings. The molecule has 0 aliphatic heterocycles. The molecule has 2 N–H and O–H groups in total. The molecule has 1 aromatic heterocycles. The van der Waals surface area contributed by atoms with E-state index < -0.39 is 5.91 Å². The van der Waals surface area contributed by atoms with Gasteiger partial charge >= 0.3 is 0 Å². The van der Waals surface area contributed by atoms with Gasteiger partial charge in [-0.05, 0) is 18.2 Å². The van der Waals surface area contributed by atoms with Crippen molar-refractivity contribution in [1.29, 1.82) is 0 Å². The lowest BCUT2D eigenvalue weighted by atomic mass is 10.2. The average molecular weight is 248 g/mol. The minimum Gasteiger partial charge on any atom is -0.507 e. The number of nitrogens with one attached hydrogen (secondary N) is 1. The minimum absolute atomic E-state index is 0.109. The molecule has 0 saturated heterocycles. The largest absolute Gasteiger partial charge is 0.507 e. The Hall–Kier alpha value is -2.57. The molecular weight excluding hydrogens is 236 g/mol. The third-order valence-electron chi connectivity index (χ3n) is 2.39. The zero-order chi connectivity index (χ0) is 13.1. The molecule has 0 atom stereocenters. The Kier molecular flexibility index (Phi) is 3.13. The normalized spacial score (nSPS) is 10.1. The number of nitrogens with zero attached hydrogens (tertiary/aromatic N) is 3. The summed E-state index contributed by atoms with van der Waals surface area (Å²) in [5, 5.41) is 16.0. The fourth-order valence-electron chi connectivity index (χ4n) is 1.40. The summed E-state index contributed by atoms with van der Waals surface area (Å²) in [7, 11) is 3.13. The molecule has 0 spiro atoms. The number of anilines is 1. The Morgan fingerprint density at radius 3 is 2.89 bits per heavy atom. The van der Waals surface area contributed by atoms with Gasteiger partial charge in [-0.15, -0.1) is 0 Å². The Bertz CT molecular complexity index is 579. The van der Waals surface area contributed by atoms with Crippen LogP contribution in [0.5, 0.6) is 11.5 Å². The van der Waals surface area contributed by atoms with Crippen molar-refractivity contribution in [3.63, 3.8) is 0 Å². The number of rotatable bonds is 3. The van der Waals surface area contributed by atoms with Crippen molar-refractivity contribution < 1.29 is 14.6 Å². The van der Waals surface area contributed by atoms with Crippen LogP contribution in [0, 0.1) is 0 Å². The topological polar surface area (TPSA) is 89.3 Å². The predicted molar refractivity (Wildman–Crippen MR) is 63.6 cm³/mol. The summed E-state index contributed by atoms with van der Waals surface area (Å²) in [5.74, 6) is 0.163. The van der Waals surface area contributed by atoms with Gasteiger partial charge in [-0.25, -0.2) is 4.68 Å². The van der Waals surface area contributed by atoms with Gasteiger partial charge in [0.2, 0.25) is 5.95 Å². The lowest BCUT2D eigenvalue weighted by Gasteiger charge is -2.07. The highest BCUT2D eigenvalue weighted by atomic mass is 16.5. The molecule has 0 bridgehead atoms. The zero-order valence-corrected chi connectivity index (χ0v) is 9.91. The van der Waals surface area contributed by atoms with Crippen LogP contribution in [0.25, 0.3) is 0 Å². The van der Waals surface area contributed by atoms with Crippen molar-refractivity contribution in [1.82, 2.24) is 14.8 Å². The van der Waals surface area contributed by atoms with Gasteiger partial charge < -0.3 is 9.84 Å². The van der Waals surface area contributed by atoms with Gasteiger partial charge in [0, 0.05) is 7.05 Å². The first-order chi connectivity index (χ1) is 8.61. The standard InChI is InChI=1S/C11H12N4O3/c1-15-11(12-6-13-15)14-10(17)8-5-7(18-2)3-4-9(8)16/h3-6,16H,1-2H3,(H,12,13,14,17). The summed E-state index contributed by atoms with van der Waals surface area (Å²) in [6.07, 6.45) is 1.32. The molecule has 7 heteroatoms. The highest BCUT2D eigenvalue weighted by Gasteiger charge is 2.14. The molecule has 1 aromatic carbocycles. The quantitative estimate of drug-likeness (QED) is 0.837. The van der Waals surface area contributed by atoms with E-state index >= 15 is 0 Å². The summed E-state index contributed by atoms with van der Waals surface area (Å²) in [4.78, 5) is 15.8. The van der Waals surface area contributed by atoms with Crippen molar-refractivity contribution >= 4 is 11.9 Å². The van der Waals surface area contributed by atoms with Crippen LogP contribution in [-0.2, 0) is 7.05 Å². The molecule has 0 aliphatic carbocycles. The summed E-state index contributed by atoms with van der Waals surface area (Å²) in [6, 6.07) is 4.40. The molecule has 0 aliphatic rings. The number of aryl methyl sites for hydroxylation is 1. The summed E-state index contributed by atoms with van der Waals surface area (Å²) in [5.41, 5.74) is 0.109. The average Bonchev–Trinajstić information content (AvgIpc) is 2.75. The van der Waals surface area contributed by atoms with Gasteiger partial charge in [0.05, 0.1) is 12.7 Å². The molecule has 94 valence electrons. The second-order valence-corrected chi connectivity index (χ2v) is 3.54. The van der Waals surface area contributed by atoms with E-state index in [4.69, 9.17) is 4.74 Å². The number of phenols is 1. The van der Waals surface area contributed by atoms with Gasteiger partial charge in [0.15, 0.2) is 0 Å². The van der Waals surface area contributed by atoms with E-state index in [9.17, 15) is 9.90 Å². The van der Waals surface area contributed by atoms with E-state index in [1.165, 1.54) is 30.3 Å². The lowest BCUT2D eigenvalue weighted by Crippen LogP contribution is -2.15. The maximum Gasteiger partial charge on any atom is 0.261 e. The second-order valence-electron chi connectivity index (χ2n) is 3.54. The van der Waals surface area contributed by atoms with Crippen LogP contribution in [-0.4, -0.2) is 32.9 Å². The molecule has 7 nitrogen and oxygen atoms in total. The number of aromatic hydroxyl groups is 1. The molecule has 0 radical (unpaired) electrons. The Morgan fingerprint density at radius 1 is 1.50 bits per heavy atom. The van der Waals surface area contributed by atoms with E-state index in [0.717, 1.165) is 0 Å². The van der Waals surface area contributed by atoms with Crippen molar-refractivity contribution in [2.45, 2.75) is 0 Å². The number of amides is 1. The fourth-order valence-corrected chi connectivity index (χ4v) is 1.40. The maximum absolute atomic E-state index is 11.9. The van der Waals surface area contributed by atoms with Crippen molar-refractivity contribution in [2.75, 3.05) is 12.4 Å². The van der Waals surface area contributed by atoms with E-state index in [1.807, 2.05) is 0 Å². The zero-order valence-electron chi connectivity index (χ0n) is 9.91. The van der Waals surface area contributed by atoms with E-state index in [1.54, 1.807) is 13.1 Å². The second kappa shape index (κ2) is 4.74. The van der Waals surface area contributed by atoms with Gasteiger partial charge in [0.25, 0.3) is 5.91 Å². The molecule has 18 heavy (non-hydrogen) atoms. The Morgan fingerprint density at radius 2 is 2.28 bits per heavy atom. The number of hydrogen-bond acceptors (Lipinski definition) is 5. The molecule has 1 amide bonds. The third-order valence-corrected chi connectivity index (χ3v) is 2.39. The van der Waals surface area contributed by atoms with Crippen LogP contribution < -0.4 is 10.1 Å². The summed E-state index contributed by atoms with van der Waals surface area (Å²) < 4.78 is 6.41. The van der Waals surface area contributed by atoms with Crippen LogP contribution in [0.15, 0.2) is 24.5 Å². The van der Waals surface area contributed by atoms with Crippen molar-refractivity contribution in [3.8, 4) is 11.5 Å². The summed E-state index contributed by atoms with van der Waals surface area (Å²) >= 11 is 0. The van der Waals surface area contributed by atoms with Crippen molar-refractivity contribution in [3.05, 3.63) is 30.1 Å². The molecule has 0 saturated carbocycles. The van der Waals surface area contributed by atoms with Crippen LogP contribution >= 0.6 is 0 Å². The number of benzene rings is 1. The first kappa shape index (κ1) is 11.9. The number of aromatic nitrogens is 3. The highest BCUT2D eigenvalue weighted by Crippen LogP contribution is 2.23.